The Morgan fingerprint density at radius 2 is 1.16 bits per heavy atom. The molecule has 0 aliphatic carbocycles. The number of hydrogen-bond donors (Lipinski definition) is 0. The van der Waals surface area contributed by atoms with Crippen LogP contribution in [-0.4, -0.2) is 8.83 Å². The van der Waals surface area contributed by atoms with Crippen LogP contribution in [0.2, 0.25) is 6.04 Å². The van der Waals surface area contributed by atoms with Gasteiger partial charge in [-0.1, -0.05) is 91.0 Å². The Labute approximate surface area is 155 Å². The highest BCUT2D eigenvalue weighted by atomic mass is 35.6. The average molecular weight is 359 g/mol. The molecular formula is C23H19ClSi. The Kier molecular flexibility index (Phi) is 4.69. The number of allylic oxidation sites excluding steroid dienone is 1. The zero-order valence-corrected chi connectivity index (χ0v) is 16.1. The molecule has 0 saturated carbocycles. The minimum absolute atomic E-state index is 0.546. The molecule has 0 aromatic heterocycles. The van der Waals surface area contributed by atoms with E-state index in [-0.39, 0.29) is 0 Å². The predicted octanol–water partition coefficient (Wildman–Crippen LogP) is 6.17. The predicted molar refractivity (Wildman–Crippen MR) is 114 cm³/mol. The van der Waals surface area contributed by atoms with Crippen molar-refractivity contribution in [3.05, 3.63) is 102 Å². The molecule has 0 radical (unpaired) electrons. The topological polar surface area (TPSA) is 0 Å². The molecule has 0 nitrogen and oxygen atoms in total. The molecule has 0 heterocycles. The summed E-state index contributed by atoms with van der Waals surface area (Å²) in [4.78, 5) is 0. The Morgan fingerprint density at radius 3 is 1.68 bits per heavy atom. The van der Waals surface area contributed by atoms with Gasteiger partial charge in [-0.2, -0.15) is 11.1 Å². The second-order valence-corrected chi connectivity index (χ2v) is 8.24. The fraction of sp³-hybridized carbons (Fsp3) is 0.0435. The van der Waals surface area contributed by atoms with Gasteiger partial charge in [0.1, 0.15) is 8.83 Å². The van der Waals surface area contributed by atoms with Crippen LogP contribution in [0.25, 0.3) is 27.1 Å². The Hall–Kier alpha value is -2.35. The Morgan fingerprint density at radius 1 is 0.680 bits per heavy atom. The second-order valence-electron chi connectivity index (χ2n) is 6.15. The molecule has 4 rings (SSSR count). The first-order valence-corrected chi connectivity index (χ1v) is 11.7. The van der Waals surface area contributed by atoms with Crippen molar-refractivity contribution in [1.82, 2.24) is 0 Å². The van der Waals surface area contributed by atoms with Gasteiger partial charge in [0.05, 0.1) is 0 Å². The van der Waals surface area contributed by atoms with Crippen molar-refractivity contribution in [2.45, 2.75) is 6.04 Å². The number of hydrogen-bond acceptors (Lipinski definition) is 0. The molecule has 0 atom stereocenters. The van der Waals surface area contributed by atoms with Gasteiger partial charge in [-0.3, -0.25) is 0 Å². The first kappa shape index (κ1) is 16.1. The standard InChI is InChI=1S/C23H19ClSi/c24-25-16-15-23(21-13-5-9-17-7-1-3-11-19(17)21)22-14-6-10-18-8-2-4-12-20(18)22/h1-15H,16,25H2. The molecule has 0 spiro atoms. The molecule has 0 amide bonds. The van der Waals surface area contributed by atoms with Crippen LogP contribution in [0.15, 0.2) is 91.0 Å². The van der Waals surface area contributed by atoms with Gasteiger partial charge in [-0.15, -0.1) is 0 Å². The molecule has 0 fully saturated rings. The summed E-state index contributed by atoms with van der Waals surface area (Å²) in [6.07, 6.45) is 2.34. The third kappa shape index (κ3) is 3.13. The van der Waals surface area contributed by atoms with Gasteiger partial charge in [0.25, 0.3) is 0 Å². The second kappa shape index (κ2) is 7.26. The molecule has 122 valence electrons. The lowest BCUT2D eigenvalue weighted by molar-refractivity contribution is 1.58. The number of fused-ring (bicyclic) bond motifs is 2. The lowest BCUT2D eigenvalue weighted by Crippen LogP contribution is -1.92. The number of benzene rings is 4. The summed E-state index contributed by atoms with van der Waals surface area (Å²) < 4.78 is 0. The molecule has 2 heteroatoms. The van der Waals surface area contributed by atoms with Crippen LogP contribution in [0, 0.1) is 0 Å². The highest BCUT2D eigenvalue weighted by Gasteiger charge is 2.11. The summed E-state index contributed by atoms with van der Waals surface area (Å²) in [5.74, 6) is 0. The van der Waals surface area contributed by atoms with Crippen LogP contribution in [-0.2, 0) is 0 Å². The van der Waals surface area contributed by atoms with Crippen molar-refractivity contribution in [1.29, 1.82) is 0 Å². The third-order valence-corrected chi connectivity index (χ3v) is 5.78. The van der Waals surface area contributed by atoms with Crippen molar-refractivity contribution in [2.24, 2.45) is 0 Å². The third-order valence-electron chi connectivity index (χ3n) is 4.62. The van der Waals surface area contributed by atoms with E-state index < -0.39 is 8.83 Å². The van der Waals surface area contributed by atoms with Crippen LogP contribution < -0.4 is 0 Å². The maximum absolute atomic E-state index is 6.15. The van der Waals surface area contributed by atoms with Gasteiger partial charge in [0.2, 0.25) is 0 Å². The van der Waals surface area contributed by atoms with E-state index in [9.17, 15) is 0 Å². The zero-order chi connectivity index (χ0) is 17.1. The largest absolute Gasteiger partial charge is 0.176 e. The minimum Gasteiger partial charge on any atom is -0.176 e. The summed E-state index contributed by atoms with van der Waals surface area (Å²) in [5, 5.41) is 5.13. The maximum Gasteiger partial charge on any atom is 0.129 e. The molecule has 0 bridgehead atoms. The highest BCUT2D eigenvalue weighted by molar-refractivity contribution is 6.93. The number of rotatable bonds is 4. The molecular weight excluding hydrogens is 340 g/mol. The van der Waals surface area contributed by atoms with Crippen LogP contribution in [0.5, 0.6) is 0 Å². The zero-order valence-electron chi connectivity index (χ0n) is 14.0. The van der Waals surface area contributed by atoms with E-state index in [0.29, 0.717) is 0 Å². The van der Waals surface area contributed by atoms with Gasteiger partial charge in [0, 0.05) is 0 Å². The lowest BCUT2D eigenvalue weighted by atomic mass is 9.90. The summed E-state index contributed by atoms with van der Waals surface area (Å²) in [6, 6.07) is 31.3. The molecule has 4 aromatic carbocycles. The number of halogens is 1. The quantitative estimate of drug-likeness (QED) is 0.302. The maximum atomic E-state index is 6.15. The fourth-order valence-corrected chi connectivity index (χ4v) is 4.21. The molecule has 0 N–H and O–H groups in total. The van der Waals surface area contributed by atoms with Crippen LogP contribution in [0.4, 0.5) is 0 Å². The van der Waals surface area contributed by atoms with E-state index in [1.807, 2.05) is 0 Å². The summed E-state index contributed by atoms with van der Waals surface area (Å²) >= 11 is 6.15. The molecule has 25 heavy (non-hydrogen) atoms. The first-order valence-electron chi connectivity index (χ1n) is 8.61. The highest BCUT2D eigenvalue weighted by Crippen LogP contribution is 2.34. The Balaban J connectivity index is 2.01. The van der Waals surface area contributed by atoms with Crippen LogP contribution in [0.1, 0.15) is 11.1 Å². The van der Waals surface area contributed by atoms with Crippen molar-refractivity contribution >= 4 is 47.0 Å². The van der Waals surface area contributed by atoms with Crippen molar-refractivity contribution in [2.75, 3.05) is 0 Å². The molecule has 0 aliphatic heterocycles. The van der Waals surface area contributed by atoms with Gasteiger partial charge in [-0.05, 0) is 44.3 Å². The monoisotopic (exact) mass is 358 g/mol. The van der Waals surface area contributed by atoms with Gasteiger partial charge < -0.3 is 0 Å². The summed E-state index contributed by atoms with van der Waals surface area (Å²) in [6.45, 7) is 0. The molecule has 0 saturated heterocycles. The van der Waals surface area contributed by atoms with Crippen molar-refractivity contribution in [3.8, 4) is 0 Å². The van der Waals surface area contributed by atoms with E-state index in [0.717, 1.165) is 6.04 Å². The van der Waals surface area contributed by atoms with Crippen LogP contribution >= 0.6 is 11.1 Å². The van der Waals surface area contributed by atoms with E-state index in [1.54, 1.807) is 0 Å². The molecule has 4 aromatic rings. The summed E-state index contributed by atoms with van der Waals surface area (Å²) in [5.41, 5.74) is 3.86. The molecule has 0 aliphatic rings. The van der Waals surface area contributed by atoms with Crippen molar-refractivity contribution < 1.29 is 0 Å². The van der Waals surface area contributed by atoms with E-state index in [4.69, 9.17) is 11.1 Å². The average Bonchev–Trinajstić information content (AvgIpc) is 2.68. The minimum atomic E-state index is -0.546. The molecule has 0 unspecified atom stereocenters. The van der Waals surface area contributed by atoms with E-state index in [1.165, 1.54) is 38.2 Å². The van der Waals surface area contributed by atoms with Gasteiger partial charge in [-0.25, -0.2) is 0 Å². The van der Waals surface area contributed by atoms with E-state index in [2.05, 4.69) is 91.0 Å². The van der Waals surface area contributed by atoms with E-state index >= 15 is 0 Å². The fourth-order valence-electron chi connectivity index (χ4n) is 3.48. The smallest absolute Gasteiger partial charge is 0.129 e. The lowest BCUT2D eigenvalue weighted by Gasteiger charge is -2.14. The van der Waals surface area contributed by atoms with Gasteiger partial charge in [0.15, 0.2) is 0 Å². The van der Waals surface area contributed by atoms with Crippen LogP contribution in [0.3, 0.4) is 0 Å². The summed E-state index contributed by atoms with van der Waals surface area (Å²) in [7, 11) is -0.546. The first-order chi connectivity index (χ1) is 12.4. The van der Waals surface area contributed by atoms with Gasteiger partial charge >= 0.3 is 0 Å². The normalized spacial score (nSPS) is 11.4. The SMILES string of the molecule is Cl[SiH2]CC=C(c1cccc2ccccc12)c1cccc2ccccc12. The Bertz CT molecular complexity index is 974. The van der Waals surface area contributed by atoms with Crippen molar-refractivity contribution in [3.63, 3.8) is 0 Å².